The van der Waals surface area contributed by atoms with Gasteiger partial charge in [0.05, 0.1) is 0 Å². The zero-order valence-electron chi connectivity index (χ0n) is 11.6. The van der Waals surface area contributed by atoms with Crippen molar-refractivity contribution in [1.82, 2.24) is 14.8 Å². The van der Waals surface area contributed by atoms with Crippen molar-refractivity contribution in [2.75, 3.05) is 26.7 Å². The molecule has 108 valence electrons. The van der Waals surface area contributed by atoms with E-state index in [1.807, 2.05) is 7.05 Å². The molecule has 6 nitrogen and oxygen atoms in total. The van der Waals surface area contributed by atoms with Gasteiger partial charge in [0.15, 0.2) is 5.76 Å². The van der Waals surface area contributed by atoms with Crippen LogP contribution in [0.4, 0.5) is 0 Å². The maximum absolute atomic E-state index is 12.6. The average Bonchev–Trinajstić information content (AvgIpc) is 2.70. The summed E-state index contributed by atoms with van der Waals surface area (Å²) in [6.45, 7) is 5.29. The standard InChI is InChI=1S/C12H21N3O3S/c1-9-12(10(2)18-14-9)19(16,17)15-6-4-5-11(8-15)7-13-3/h11,13H,4-8H2,1-3H3. The molecule has 1 aliphatic heterocycles. The molecule has 0 bridgehead atoms. The summed E-state index contributed by atoms with van der Waals surface area (Å²) < 4.78 is 31.8. The van der Waals surface area contributed by atoms with Gasteiger partial charge in [0.25, 0.3) is 0 Å². The third-order valence-corrected chi connectivity index (χ3v) is 5.65. The van der Waals surface area contributed by atoms with Crippen molar-refractivity contribution in [2.45, 2.75) is 31.6 Å². The van der Waals surface area contributed by atoms with Crippen LogP contribution in [0.15, 0.2) is 9.42 Å². The van der Waals surface area contributed by atoms with E-state index in [0.717, 1.165) is 19.4 Å². The van der Waals surface area contributed by atoms with E-state index in [2.05, 4.69) is 10.5 Å². The fourth-order valence-corrected chi connectivity index (χ4v) is 4.52. The van der Waals surface area contributed by atoms with E-state index in [1.54, 1.807) is 18.2 Å². The first-order chi connectivity index (χ1) is 8.96. The first kappa shape index (κ1) is 14.5. The molecule has 1 aromatic rings. The normalized spacial score (nSPS) is 21.7. The summed E-state index contributed by atoms with van der Waals surface area (Å²) >= 11 is 0. The molecule has 0 spiro atoms. The quantitative estimate of drug-likeness (QED) is 0.891. The molecule has 0 saturated carbocycles. The molecule has 7 heteroatoms. The van der Waals surface area contributed by atoms with E-state index in [0.29, 0.717) is 30.5 Å². The Bertz CT molecular complexity index is 517. The Hall–Kier alpha value is -0.920. The van der Waals surface area contributed by atoms with Crippen LogP contribution in [0, 0.1) is 19.8 Å². The number of nitrogens with zero attached hydrogens (tertiary/aromatic N) is 2. The van der Waals surface area contributed by atoms with E-state index in [-0.39, 0.29) is 4.90 Å². The number of aryl methyl sites for hydroxylation is 2. The molecular formula is C12H21N3O3S. The second-order valence-corrected chi connectivity index (χ2v) is 6.96. The van der Waals surface area contributed by atoms with Gasteiger partial charge in [-0.3, -0.25) is 0 Å². The molecule has 0 aromatic carbocycles. The largest absolute Gasteiger partial charge is 0.360 e. The Kier molecular flexibility index (Phi) is 4.27. The molecule has 1 aliphatic rings. The van der Waals surface area contributed by atoms with Gasteiger partial charge in [-0.05, 0) is 46.2 Å². The maximum atomic E-state index is 12.6. The summed E-state index contributed by atoms with van der Waals surface area (Å²) in [6.07, 6.45) is 1.96. The van der Waals surface area contributed by atoms with Gasteiger partial charge in [-0.2, -0.15) is 4.31 Å². The van der Waals surface area contributed by atoms with Crippen molar-refractivity contribution in [2.24, 2.45) is 5.92 Å². The molecule has 1 N–H and O–H groups in total. The minimum Gasteiger partial charge on any atom is -0.360 e. The molecule has 2 rings (SSSR count). The van der Waals surface area contributed by atoms with Crippen LogP contribution >= 0.6 is 0 Å². The lowest BCUT2D eigenvalue weighted by atomic mass is 10.00. The van der Waals surface area contributed by atoms with Crippen molar-refractivity contribution < 1.29 is 12.9 Å². The molecule has 0 radical (unpaired) electrons. The van der Waals surface area contributed by atoms with Crippen LogP contribution < -0.4 is 5.32 Å². The van der Waals surface area contributed by atoms with Crippen LogP contribution in [0.5, 0.6) is 0 Å². The minimum absolute atomic E-state index is 0.234. The number of nitrogens with one attached hydrogen (secondary N) is 1. The van der Waals surface area contributed by atoms with Crippen molar-refractivity contribution in [3.63, 3.8) is 0 Å². The summed E-state index contributed by atoms with van der Waals surface area (Å²) in [6, 6.07) is 0. The number of hydrogen-bond donors (Lipinski definition) is 1. The summed E-state index contributed by atoms with van der Waals surface area (Å²) in [5.41, 5.74) is 0.438. The second-order valence-electron chi connectivity index (χ2n) is 5.08. The lowest BCUT2D eigenvalue weighted by Gasteiger charge is -2.31. The van der Waals surface area contributed by atoms with Crippen molar-refractivity contribution in [1.29, 1.82) is 0 Å². The average molecular weight is 287 g/mol. The highest BCUT2D eigenvalue weighted by molar-refractivity contribution is 7.89. The molecule has 2 heterocycles. The SMILES string of the molecule is CNCC1CCCN(S(=O)(=O)c2c(C)noc2C)C1. The topological polar surface area (TPSA) is 75.4 Å². The Labute approximate surface area is 114 Å². The maximum Gasteiger partial charge on any atom is 0.248 e. The fourth-order valence-electron chi connectivity index (χ4n) is 2.67. The van der Waals surface area contributed by atoms with Gasteiger partial charge in [-0.25, -0.2) is 8.42 Å². The molecule has 1 unspecified atom stereocenters. The Morgan fingerprint density at radius 3 is 2.79 bits per heavy atom. The predicted molar refractivity (Wildman–Crippen MR) is 71.4 cm³/mol. The molecule has 1 atom stereocenters. The number of hydrogen-bond acceptors (Lipinski definition) is 5. The molecule has 0 aliphatic carbocycles. The van der Waals surface area contributed by atoms with Gasteiger partial charge in [0.2, 0.25) is 10.0 Å². The van der Waals surface area contributed by atoms with Crippen molar-refractivity contribution in [3.8, 4) is 0 Å². The number of aromatic nitrogens is 1. The molecule has 0 amide bonds. The van der Waals surface area contributed by atoms with Crippen LogP contribution in [-0.2, 0) is 10.0 Å². The third-order valence-electron chi connectivity index (χ3n) is 3.54. The van der Waals surface area contributed by atoms with E-state index in [4.69, 9.17) is 4.52 Å². The highest BCUT2D eigenvalue weighted by Gasteiger charge is 2.34. The lowest BCUT2D eigenvalue weighted by molar-refractivity contribution is 0.263. The Morgan fingerprint density at radius 1 is 1.47 bits per heavy atom. The fraction of sp³-hybridized carbons (Fsp3) is 0.750. The Morgan fingerprint density at radius 2 is 2.21 bits per heavy atom. The number of piperidine rings is 1. The summed E-state index contributed by atoms with van der Waals surface area (Å²) in [4.78, 5) is 0.234. The molecule has 1 fully saturated rings. The number of rotatable bonds is 4. The van der Waals surface area contributed by atoms with Gasteiger partial charge in [0, 0.05) is 13.1 Å². The summed E-state index contributed by atoms with van der Waals surface area (Å²) in [7, 11) is -1.59. The predicted octanol–water partition coefficient (Wildman–Crippen LogP) is 0.912. The second kappa shape index (κ2) is 5.60. The lowest BCUT2D eigenvalue weighted by Crippen LogP contribution is -2.42. The van der Waals surface area contributed by atoms with E-state index in [9.17, 15) is 8.42 Å². The van der Waals surface area contributed by atoms with Crippen molar-refractivity contribution >= 4 is 10.0 Å². The van der Waals surface area contributed by atoms with Crippen LogP contribution in [-0.4, -0.2) is 44.6 Å². The highest BCUT2D eigenvalue weighted by atomic mass is 32.2. The van der Waals surface area contributed by atoms with E-state index in [1.165, 1.54) is 0 Å². The first-order valence-electron chi connectivity index (χ1n) is 6.54. The van der Waals surface area contributed by atoms with E-state index < -0.39 is 10.0 Å². The smallest absolute Gasteiger partial charge is 0.248 e. The van der Waals surface area contributed by atoms with Crippen LogP contribution in [0.3, 0.4) is 0 Å². The number of sulfonamides is 1. The van der Waals surface area contributed by atoms with Crippen LogP contribution in [0.1, 0.15) is 24.3 Å². The van der Waals surface area contributed by atoms with Gasteiger partial charge in [-0.1, -0.05) is 5.16 Å². The first-order valence-corrected chi connectivity index (χ1v) is 7.98. The summed E-state index contributed by atoms with van der Waals surface area (Å²) in [5.74, 6) is 0.738. The third kappa shape index (κ3) is 2.82. The molecular weight excluding hydrogens is 266 g/mol. The van der Waals surface area contributed by atoms with Gasteiger partial charge in [0.1, 0.15) is 10.6 Å². The summed E-state index contributed by atoms with van der Waals surface area (Å²) in [5, 5.41) is 6.85. The van der Waals surface area contributed by atoms with Gasteiger partial charge < -0.3 is 9.84 Å². The van der Waals surface area contributed by atoms with Crippen molar-refractivity contribution in [3.05, 3.63) is 11.5 Å². The molecule has 19 heavy (non-hydrogen) atoms. The van der Waals surface area contributed by atoms with Crippen LogP contribution in [0.2, 0.25) is 0 Å². The monoisotopic (exact) mass is 287 g/mol. The zero-order valence-corrected chi connectivity index (χ0v) is 12.5. The Balaban J connectivity index is 2.25. The van der Waals surface area contributed by atoms with Crippen LogP contribution in [0.25, 0.3) is 0 Å². The molecule has 1 aromatic heterocycles. The van der Waals surface area contributed by atoms with Gasteiger partial charge in [-0.15, -0.1) is 0 Å². The van der Waals surface area contributed by atoms with Gasteiger partial charge >= 0.3 is 0 Å². The van der Waals surface area contributed by atoms with E-state index >= 15 is 0 Å². The highest BCUT2D eigenvalue weighted by Crippen LogP contribution is 2.27. The minimum atomic E-state index is -3.48. The molecule has 1 saturated heterocycles. The zero-order chi connectivity index (χ0) is 14.0.